The van der Waals surface area contributed by atoms with Crippen LogP contribution in [0.15, 0.2) is 0 Å². The van der Waals surface area contributed by atoms with Crippen molar-refractivity contribution < 1.29 is 43.8 Å². The summed E-state index contributed by atoms with van der Waals surface area (Å²) in [7, 11) is 0. The summed E-state index contributed by atoms with van der Waals surface area (Å²) in [5.41, 5.74) is 22.6. The molecule has 0 spiro atoms. The van der Waals surface area contributed by atoms with Gasteiger partial charge >= 0.3 is 5.97 Å². The van der Waals surface area contributed by atoms with Crippen molar-refractivity contribution in [3.8, 4) is 0 Å². The smallest absolute Gasteiger partial charge is 0.326 e. The van der Waals surface area contributed by atoms with E-state index in [1.807, 2.05) is 0 Å². The summed E-state index contributed by atoms with van der Waals surface area (Å²) in [6, 6.07) is -7.35. The number of aliphatic hydroxyl groups is 1. The number of carboxylic acid groups (broad SMARTS) is 1. The zero-order valence-electron chi connectivity index (χ0n) is 40.1. The largest absolute Gasteiger partial charge is 0.480 e. The Morgan fingerprint density at radius 2 is 0.712 bits per heavy atom. The molecule has 0 bridgehead atoms. The second-order valence-electron chi connectivity index (χ2n) is 17.3. The normalized spacial score (nSPS) is 13.9. The van der Waals surface area contributed by atoms with E-state index in [2.05, 4.69) is 51.5 Å². The zero-order valence-corrected chi connectivity index (χ0v) is 41.0. The molecule has 0 saturated carbocycles. The predicted octanol–water partition coefficient (Wildman–Crippen LogP) is 1.90. The first kappa shape index (κ1) is 62.4. The van der Waals surface area contributed by atoms with Gasteiger partial charge in [-0.2, -0.15) is 12.6 Å². The molecule has 19 nitrogen and oxygen atoms in total. The Bertz CT molecular complexity index is 1350. The zero-order chi connectivity index (χ0) is 49.4. The molecule has 6 atom stereocenters. The first-order chi connectivity index (χ1) is 31.8. The van der Waals surface area contributed by atoms with Crippen molar-refractivity contribution in [1.29, 1.82) is 0 Å². The lowest BCUT2D eigenvalue weighted by atomic mass is 10.0. The number of amides is 6. The molecule has 0 aliphatic heterocycles. The average Bonchev–Trinajstić information content (AvgIpc) is 3.29. The summed E-state index contributed by atoms with van der Waals surface area (Å²) < 4.78 is 0. The lowest BCUT2D eigenvalue weighted by molar-refractivity contribution is -0.142. The van der Waals surface area contributed by atoms with Gasteiger partial charge in [0.25, 0.3) is 0 Å². The highest BCUT2D eigenvalue weighted by Gasteiger charge is 2.33. The second-order valence-corrected chi connectivity index (χ2v) is 17.6. The molecule has 0 heterocycles. The van der Waals surface area contributed by atoms with Gasteiger partial charge in [-0.05, 0) is 110 Å². The minimum absolute atomic E-state index is 0.0713. The van der Waals surface area contributed by atoms with E-state index >= 15 is 0 Å². The third-order valence-corrected chi connectivity index (χ3v) is 11.8. The van der Waals surface area contributed by atoms with Crippen molar-refractivity contribution in [3.63, 3.8) is 0 Å². The summed E-state index contributed by atoms with van der Waals surface area (Å²) in [6.07, 6.45) is 19.8. The van der Waals surface area contributed by atoms with Crippen LogP contribution in [0.1, 0.15) is 174 Å². The Morgan fingerprint density at radius 3 is 1.05 bits per heavy atom. The molecule has 0 aromatic rings. The molecular formula is C46H90N10O9S. The Morgan fingerprint density at radius 1 is 0.409 bits per heavy atom. The molecule has 0 aromatic heterocycles. The van der Waals surface area contributed by atoms with Gasteiger partial charge in [0.2, 0.25) is 35.4 Å². The van der Waals surface area contributed by atoms with Gasteiger partial charge in [0, 0.05) is 12.2 Å². The number of hydrogen-bond acceptors (Lipinski definition) is 13. The van der Waals surface area contributed by atoms with Crippen LogP contribution in [0.2, 0.25) is 0 Å². The van der Waals surface area contributed by atoms with Gasteiger partial charge in [-0.15, -0.1) is 0 Å². The fourth-order valence-electron chi connectivity index (χ4n) is 7.35. The monoisotopic (exact) mass is 959 g/mol. The molecule has 0 aliphatic carbocycles. The number of carbonyl (C=O) groups is 7. The van der Waals surface area contributed by atoms with E-state index in [0.29, 0.717) is 84.0 Å². The Hall–Kier alpha value is -3.56. The molecular weight excluding hydrogens is 869 g/mol. The molecule has 0 radical (unpaired) electrons. The second kappa shape index (κ2) is 41.6. The van der Waals surface area contributed by atoms with Gasteiger partial charge in [0.15, 0.2) is 0 Å². The summed E-state index contributed by atoms with van der Waals surface area (Å²) in [5.74, 6) is -5.39. The summed E-state index contributed by atoms with van der Waals surface area (Å²) in [6.45, 7) is 2.72. The van der Waals surface area contributed by atoms with Crippen LogP contribution in [0.4, 0.5) is 0 Å². The van der Waals surface area contributed by atoms with E-state index in [9.17, 15) is 43.8 Å². The number of carbonyl (C=O) groups excluding carboxylic acids is 6. The summed E-state index contributed by atoms with van der Waals surface area (Å²) in [4.78, 5) is 92.7. The molecule has 6 amide bonds. The maximum Gasteiger partial charge on any atom is 0.326 e. The Labute approximate surface area is 400 Å². The van der Waals surface area contributed by atoms with Gasteiger partial charge in [0.05, 0.1) is 6.61 Å². The highest BCUT2D eigenvalue weighted by Crippen LogP contribution is 2.14. The van der Waals surface area contributed by atoms with E-state index in [1.54, 1.807) is 0 Å². The van der Waals surface area contributed by atoms with Gasteiger partial charge in [-0.1, -0.05) is 84.0 Å². The van der Waals surface area contributed by atoms with Crippen molar-refractivity contribution in [3.05, 3.63) is 0 Å². The topological polar surface area (TPSA) is 336 Å². The number of aliphatic carboxylic acids is 1. The molecule has 0 aromatic carbocycles. The predicted molar refractivity (Wildman–Crippen MR) is 262 cm³/mol. The molecule has 20 heteroatoms. The van der Waals surface area contributed by atoms with Gasteiger partial charge in [0.1, 0.15) is 36.3 Å². The van der Waals surface area contributed by atoms with Gasteiger partial charge < -0.3 is 65.0 Å². The molecule has 0 aliphatic rings. The maximum atomic E-state index is 13.9. The number of hydrogen-bond donors (Lipinski definition) is 13. The summed E-state index contributed by atoms with van der Waals surface area (Å²) in [5, 5.41) is 35.5. The van der Waals surface area contributed by atoms with E-state index in [0.717, 1.165) is 19.3 Å². The van der Waals surface area contributed by atoms with E-state index in [1.165, 1.54) is 57.8 Å². The summed E-state index contributed by atoms with van der Waals surface area (Å²) >= 11 is 4.23. The highest BCUT2D eigenvalue weighted by molar-refractivity contribution is 7.80. The number of aliphatic hydroxyl groups excluding tert-OH is 1. The van der Waals surface area contributed by atoms with Crippen molar-refractivity contribution in [2.75, 3.05) is 38.5 Å². The van der Waals surface area contributed by atoms with Crippen molar-refractivity contribution in [1.82, 2.24) is 31.9 Å². The highest BCUT2D eigenvalue weighted by atomic mass is 32.1. The Kier molecular flexibility index (Phi) is 39.4. The van der Waals surface area contributed by atoms with Crippen LogP contribution < -0.4 is 54.8 Å². The fourth-order valence-corrected chi connectivity index (χ4v) is 7.61. The van der Waals surface area contributed by atoms with Crippen molar-refractivity contribution in [2.24, 2.45) is 22.9 Å². The van der Waals surface area contributed by atoms with Gasteiger partial charge in [-0.3, -0.25) is 28.8 Å². The molecule has 0 unspecified atom stereocenters. The first-order valence-electron chi connectivity index (χ1n) is 24.9. The first-order valence-corrected chi connectivity index (χ1v) is 25.5. The average molecular weight is 959 g/mol. The molecule has 0 rings (SSSR count). The minimum atomic E-state index is -1.50. The van der Waals surface area contributed by atoms with Crippen LogP contribution in [-0.4, -0.2) is 126 Å². The third-order valence-electron chi connectivity index (χ3n) is 11.5. The third kappa shape index (κ3) is 30.7. The van der Waals surface area contributed by atoms with Crippen LogP contribution in [0.5, 0.6) is 0 Å². The number of rotatable bonds is 44. The number of carboxylic acids is 1. The van der Waals surface area contributed by atoms with Crippen LogP contribution in [0.25, 0.3) is 0 Å². The molecule has 384 valence electrons. The van der Waals surface area contributed by atoms with Gasteiger partial charge in [-0.25, -0.2) is 4.79 Å². The van der Waals surface area contributed by atoms with Crippen molar-refractivity contribution in [2.45, 2.75) is 210 Å². The molecule has 16 N–H and O–H groups in total. The Balaban J connectivity index is 5.65. The lowest BCUT2D eigenvalue weighted by Gasteiger charge is -2.27. The molecule has 0 fully saturated rings. The van der Waals surface area contributed by atoms with Crippen LogP contribution in [0.3, 0.4) is 0 Å². The minimum Gasteiger partial charge on any atom is -0.480 e. The van der Waals surface area contributed by atoms with E-state index in [4.69, 9.17) is 22.9 Å². The number of nitrogens with one attached hydrogen (secondary N) is 6. The fraction of sp³-hybridized carbons (Fsp3) is 0.848. The lowest BCUT2D eigenvalue weighted by Crippen LogP contribution is -2.60. The molecule has 0 saturated heterocycles. The number of unbranched alkanes of at least 4 members (excludes halogenated alkanes) is 16. The van der Waals surface area contributed by atoms with E-state index < -0.39 is 78.4 Å². The SMILES string of the molecule is CCCCCCCCCCCCCCCC(=O)N[C@@H](CS)C(=O)N[C@@H](CO)C(=O)N[C@@H](CCCCN)C(=O)N[C@@H](CCCCN)C(=O)N[C@@H](CCCCN)C(=O)N[C@@H](CCCCN)C(=O)O. The van der Waals surface area contributed by atoms with Crippen LogP contribution in [0, 0.1) is 0 Å². The number of thiol groups is 1. The van der Waals surface area contributed by atoms with Crippen LogP contribution >= 0.6 is 12.6 Å². The van der Waals surface area contributed by atoms with Crippen LogP contribution in [-0.2, 0) is 33.6 Å². The quantitative estimate of drug-likeness (QED) is 0.0307. The molecule has 66 heavy (non-hydrogen) atoms. The maximum absolute atomic E-state index is 13.9. The van der Waals surface area contributed by atoms with E-state index in [-0.39, 0.29) is 43.8 Å². The number of nitrogens with two attached hydrogens (primary N) is 4. The van der Waals surface area contributed by atoms with Crippen molar-refractivity contribution >= 4 is 54.0 Å². The standard InChI is InChI=1S/C46H90N10O9S/c1-2-3-4-5-6-7-8-9-10-11-12-13-14-27-40(58)51-39(33-66)45(63)56-38(32-57)44(62)54-35(24-16-20-29-48)42(60)52-34(23-15-19-28-47)41(59)53-36(25-17-21-30-49)43(61)55-37(46(64)65)26-18-22-31-50/h34-39,57,66H,2-33,47-50H2,1H3,(H,51,58)(H,52,60)(H,53,59)(H,54,62)(H,55,61)(H,56,63)(H,64,65)/t34-,35-,36-,37-,38-,39-/m0/s1.